The van der Waals surface area contributed by atoms with Crippen LogP contribution in [0.15, 0.2) is 12.2 Å². The monoisotopic (exact) mass is 205 g/mol. The molecule has 0 aromatic heterocycles. The molecule has 1 saturated carbocycles. The van der Waals surface area contributed by atoms with E-state index in [9.17, 15) is 0 Å². The molecule has 1 rings (SSSR count). The number of nitrogens with zero attached hydrogens (tertiary/aromatic N) is 1. The van der Waals surface area contributed by atoms with E-state index in [-0.39, 0.29) is 0 Å². The lowest BCUT2D eigenvalue weighted by molar-refractivity contribution is 0.199. The summed E-state index contributed by atoms with van der Waals surface area (Å²) in [6.07, 6.45) is 9.97. The highest BCUT2D eigenvalue weighted by Gasteiger charge is 2.39. The first-order valence-corrected chi connectivity index (χ1v) is 6.11. The fourth-order valence-corrected chi connectivity index (χ4v) is 2.55. The van der Waals surface area contributed by atoms with E-state index in [4.69, 9.17) is 5.26 Å². The topological polar surface area (TPSA) is 23.8 Å². The van der Waals surface area contributed by atoms with Crippen LogP contribution in [-0.2, 0) is 0 Å². The van der Waals surface area contributed by atoms with Crippen LogP contribution in [-0.4, -0.2) is 0 Å². The maximum atomic E-state index is 8.41. The average molecular weight is 205 g/mol. The first-order valence-electron chi connectivity index (χ1n) is 6.11. The van der Waals surface area contributed by atoms with Crippen molar-refractivity contribution in [3.8, 4) is 6.07 Å². The Morgan fingerprint density at radius 2 is 2.07 bits per heavy atom. The zero-order valence-corrected chi connectivity index (χ0v) is 10.3. The van der Waals surface area contributed by atoms with Gasteiger partial charge in [-0.05, 0) is 42.9 Å². The van der Waals surface area contributed by atoms with E-state index in [1.807, 2.05) is 0 Å². The van der Waals surface area contributed by atoms with Crippen molar-refractivity contribution in [3.05, 3.63) is 12.2 Å². The van der Waals surface area contributed by atoms with Gasteiger partial charge in [-0.3, -0.25) is 0 Å². The minimum atomic E-state index is 0.500. The molecule has 1 aliphatic rings. The second-order valence-corrected chi connectivity index (χ2v) is 5.40. The summed E-state index contributed by atoms with van der Waals surface area (Å²) in [4.78, 5) is 0. The predicted molar refractivity (Wildman–Crippen MR) is 64.3 cm³/mol. The van der Waals surface area contributed by atoms with Gasteiger partial charge in [0.15, 0.2) is 0 Å². The first kappa shape index (κ1) is 12.3. The molecule has 1 aliphatic carbocycles. The molecule has 0 aromatic carbocycles. The fraction of sp³-hybridized carbons (Fsp3) is 0.786. The predicted octanol–water partition coefficient (Wildman–Crippen LogP) is 4.31. The van der Waals surface area contributed by atoms with Gasteiger partial charge in [0.2, 0.25) is 0 Å². The molecular formula is C14H23N. The van der Waals surface area contributed by atoms with Crippen molar-refractivity contribution < 1.29 is 0 Å². The molecule has 0 saturated heterocycles. The van der Waals surface area contributed by atoms with Gasteiger partial charge in [-0.1, -0.05) is 32.9 Å². The summed E-state index contributed by atoms with van der Waals surface area (Å²) in [6, 6.07) is 2.17. The normalized spacial score (nSPS) is 29.5. The Kier molecular flexibility index (Phi) is 4.39. The van der Waals surface area contributed by atoms with Gasteiger partial charge in [0.05, 0.1) is 6.07 Å². The van der Waals surface area contributed by atoms with Crippen molar-refractivity contribution in [2.24, 2.45) is 17.3 Å². The van der Waals surface area contributed by atoms with E-state index in [1.165, 1.54) is 19.3 Å². The Morgan fingerprint density at radius 1 is 1.33 bits per heavy atom. The van der Waals surface area contributed by atoms with Crippen LogP contribution in [0.4, 0.5) is 0 Å². The minimum absolute atomic E-state index is 0.500. The number of allylic oxidation sites excluding steroid dienone is 2. The SMILES string of the molecule is CC1CCC(C/C=C/CCC#N)C1(C)C. The fourth-order valence-electron chi connectivity index (χ4n) is 2.55. The Hall–Kier alpha value is -0.770. The van der Waals surface area contributed by atoms with Gasteiger partial charge < -0.3 is 0 Å². The van der Waals surface area contributed by atoms with Crippen molar-refractivity contribution in [3.63, 3.8) is 0 Å². The zero-order valence-electron chi connectivity index (χ0n) is 10.3. The van der Waals surface area contributed by atoms with Crippen molar-refractivity contribution in [1.82, 2.24) is 0 Å². The molecule has 0 spiro atoms. The first-order chi connectivity index (χ1) is 7.09. The molecule has 15 heavy (non-hydrogen) atoms. The van der Waals surface area contributed by atoms with Crippen LogP contribution in [0.1, 0.15) is 52.9 Å². The average Bonchev–Trinajstić information content (AvgIpc) is 2.44. The summed E-state index contributed by atoms with van der Waals surface area (Å²) < 4.78 is 0. The highest BCUT2D eigenvalue weighted by molar-refractivity contribution is 4.95. The van der Waals surface area contributed by atoms with Gasteiger partial charge in [0.25, 0.3) is 0 Å². The quantitative estimate of drug-likeness (QED) is 0.495. The standard InChI is InChI=1S/C14H23N/c1-12-9-10-13(14(12,2)3)8-6-4-5-7-11-15/h4,6,12-13H,5,7-10H2,1-3H3/b6-4+. The largest absolute Gasteiger partial charge is 0.198 e. The summed E-state index contributed by atoms with van der Waals surface area (Å²) in [5.41, 5.74) is 0.500. The molecule has 1 heteroatoms. The third-order valence-corrected chi connectivity index (χ3v) is 4.28. The lowest BCUT2D eigenvalue weighted by Gasteiger charge is -2.30. The molecule has 2 atom stereocenters. The van der Waals surface area contributed by atoms with E-state index < -0.39 is 0 Å². The van der Waals surface area contributed by atoms with Crippen molar-refractivity contribution in [2.75, 3.05) is 0 Å². The van der Waals surface area contributed by atoms with Crippen LogP contribution >= 0.6 is 0 Å². The third-order valence-electron chi connectivity index (χ3n) is 4.28. The minimum Gasteiger partial charge on any atom is -0.198 e. The van der Waals surface area contributed by atoms with Gasteiger partial charge in [0, 0.05) is 6.42 Å². The van der Waals surface area contributed by atoms with Crippen LogP contribution in [0.5, 0.6) is 0 Å². The molecule has 84 valence electrons. The number of hydrogen-bond acceptors (Lipinski definition) is 1. The molecule has 0 heterocycles. The highest BCUT2D eigenvalue weighted by atomic mass is 14.4. The van der Waals surface area contributed by atoms with Crippen LogP contribution in [0.3, 0.4) is 0 Å². The van der Waals surface area contributed by atoms with Gasteiger partial charge in [-0.15, -0.1) is 0 Å². The molecule has 0 bridgehead atoms. The molecular weight excluding hydrogens is 182 g/mol. The van der Waals surface area contributed by atoms with Crippen molar-refractivity contribution in [1.29, 1.82) is 5.26 Å². The highest BCUT2D eigenvalue weighted by Crippen LogP contribution is 2.48. The van der Waals surface area contributed by atoms with Gasteiger partial charge >= 0.3 is 0 Å². The third kappa shape index (κ3) is 3.09. The number of hydrogen-bond donors (Lipinski definition) is 0. The molecule has 2 unspecified atom stereocenters. The van der Waals surface area contributed by atoms with E-state index in [0.29, 0.717) is 11.8 Å². The van der Waals surface area contributed by atoms with Crippen molar-refractivity contribution >= 4 is 0 Å². The number of rotatable bonds is 4. The van der Waals surface area contributed by atoms with Gasteiger partial charge in [0.1, 0.15) is 0 Å². The Labute approximate surface area is 94.2 Å². The van der Waals surface area contributed by atoms with Crippen LogP contribution in [0.25, 0.3) is 0 Å². The molecule has 0 aliphatic heterocycles. The smallest absolute Gasteiger partial charge is 0.0624 e. The lowest BCUT2D eigenvalue weighted by Crippen LogP contribution is -2.22. The van der Waals surface area contributed by atoms with E-state index in [1.54, 1.807) is 0 Å². The Balaban J connectivity index is 2.34. The lowest BCUT2D eigenvalue weighted by atomic mass is 9.75. The molecule has 1 fully saturated rings. The van der Waals surface area contributed by atoms with Gasteiger partial charge in [-0.2, -0.15) is 5.26 Å². The molecule has 0 N–H and O–H groups in total. The second-order valence-electron chi connectivity index (χ2n) is 5.40. The maximum absolute atomic E-state index is 8.41. The van der Waals surface area contributed by atoms with E-state index in [0.717, 1.165) is 18.3 Å². The zero-order chi connectivity index (χ0) is 11.3. The second kappa shape index (κ2) is 5.35. The van der Waals surface area contributed by atoms with Crippen LogP contribution in [0, 0.1) is 28.6 Å². The Bertz CT molecular complexity index is 257. The molecule has 0 aromatic rings. The summed E-state index contributed by atoms with van der Waals surface area (Å²) in [6.45, 7) is 7.18. The molecule has 0 amide bonds. The van der Waals surface area contributed by atoms with Gasteiger partial charge in [-0.25, -0.2) is 0 Å². The van der Waals surface area contributed by atoms with E-state index in [2.05, 4.69) is 39.0 Å². The summed E-state index contributed by atoms with van der Waals surface area (Å²) in [5.74, 6) is 1.70. The van der Waals surface area contributed by atoms with E-state index >= 15 is 0 Å². The van der Waals surface area contributed by atoms with Crippen LogP contribution < -0.4 is 0 Å². The molecule has 1 nitrogen and oxygen atoms in total. The number of unbranched alkanes of at least 4 members (excludes halogenated alkanes) is 1. The Morgan fingerprint density at radius 3 is 2.60 bits per heavy atom. The van der Waals surface area contributed by atoms with Crippen LogP contribution in [0.2, 0.25) is 0 Å². The summed E-state index contributed by atoms with van der Waals surface area (Å²) in [7, 11) is 0. The summed E-state index contributed by atoms with van der Waals surface area (Å²) >= 11 is 0. The van der Waals surface area contributed by atoms with Crippen molar-refractivity contribution in [2.45, 2.75) is 52.9 Å². The summed E-state index contributed by atoms with van der Waals surface area (Å²) in [5, 5.41) is 8.41. The number of nitriles is 1. The maximum Gasteiger partial charge on any atom is 0.0624 e. The molecule has 0 radical (unpaired) electrons.